The summed E-state index contributed by atoms with van der Waals surface area (Å²) in [5, 5.41) is 17.5. The summed E-state index contributed by atoms with van der Waals surface area (Å²) < 4.78 is 0. The van der Waals surface area contributed by atoms with Gasteiger partial charge in [0.25, 0.3) is 0 Å². The maximum Gasteiger partial charge on any atom is 0.335 e. The van der Waals surface area contributed by atoms with Gasteiger partial charge >= 0.3 is 5.97 Å². The van der Waals surface area contributed by atoms with Crippen LogP contribution >= 0.6 is 11.8 Å². The SMILES string of the molecule is O=C(O)c1cccc(-c2ccc(N3CCSCC3)nn2)c1. The molecule has 6 heteroatoms. The Labute approximate surface area is 127 Å². The molecule has 1 saturated heterocycles. The Hall–Kier alpha value is -2.08. The van der Waals surface area contributed by atoms with Crippen molar-refractivity contribution in [2.75, 3.05) is 29.5 Å². The minimum absolute atomic E-state index is 0.256. The van der Waals surface area contributed by atoms with Crippen LogP contribution in [-0.4, -0.2) is 45.9 Å². The van der Waals surface area contributed by atoms with Crippen LogP contribution in [0.25, 0.3) is 11.3 Å². The van der Waals surface area contributed by atoms with Crippen molar-refractivity contribution in [3.8, 4) is 11.3 Å². The number of hydrogen-bond donors (Lipinski definition) is 1. The van der Waals surface area contributed by atoms with E-state index in [1.807, 2.05) is 30.0 Å². The number of carbonyl (C=O) groups is 1. The van der Waals surface area contributed by atoms with Crippen LogP contribution in [0.15, 0.2) is 36.4 Å². The predicted octanol–water partition coefficient (Wildman–Crippen LogP) is 2.40. The Balaban J connectivity index is 1.83. The first-order chi connectivity index (χ1) is 10.2. The Kier molecular flexibility index (Phi) is 4.06. The first-order valence-corrected chi connectivity index (χ1v) is 7.90. The quantitative estimate of drug-likeness (QED) is 0.939. The number of aromatic carboxylic acids is 1. The molecular formula is C15H15N3O2S. The lowest BCUT2D eigenvalue weighted by atomic mass is 10.1. The molecule has 1 aromatic heterocycles. The van der Waals surface area contributed by atoms with Crippen molar-refractivity contribution in [3.63, 3.8) is 0 Å². The Bertz CT molecular complexity index is 640. The van der Waals surface area contributed by atoms with Crippen molar-refractivity contribution in [1.82, 2.24) is 10.2 Å². The lowest BCUT2D eigenvalue weighted by Crippen LogP contribution is -2.33. The second kappa shape index (κ2) is 6.13. The molecule has 21 heavy (non-hydrogen) atoms. The Morgan fingerprint density at radius 1 is 1.14 bits per heavy atom. The normalized spacial score (nSPS) is 15.0. The smallest absolute Gasteiger partial charge is 0.335 e. The van der Waals surface area contributed by atoms with Gasteiger partial charge < -0.3 is 10.0 Å². The lowest BCUT2D eigenvalue weighted by molar-refractivity contribution is 0.0697. The van der Waals surface area contributed by atoms with Crippen LogP contribution in [0.3, 0.4) is 0 Å². The molecule has 0 saturated carbocycles. The van der Waals surface area contributed by atoms with Crippen molar-refractivity contribution in [3.05, 3.63) is 42.0 Å². The summed E-state index contributed by atoms with van der Waals surface area (Å²) in [6, 6.07) is 10.6. The maximum atomic E-state index is 11.0. The van der Waals surface area contributed by atoms with Crippen LogP contribution in [0.4, 0.5) is 5.82 Å². The zero-order valence-electron chi connectivity index (χ0n) is 11.4. The molecule has 1 aromatic carbocycles. The van der Waals surface area contributed by atoms with Crippen molar-refractivity contribution in [1.29, 1.82) is 0 Å². The first-order valence-electron chi connectivity index (χ1n) is 6.74. The van der Waals surface area contributed by atoms with E-state index in [9.17, 15) is 4.79 Å². The first kappa shape index (κ1) is 13.9. The molecule has 5 nitrogen and oxygen atoms in total. The molecule has 0 amide bonds. The van der Waals surface area contributed by atoms with E-state index in [0.717, 1.165) is 36.0 Å². The number of nitrogens with zero attached hydrogens (tertiary/aromatic N) is 3. The highest BCUT2D eigenvalue weighted by Gasteiger charge is 2.13. The molecule has 0 unspecified atom stereocenters. The molecule has 1 fully saturated rings. The molecule has 1 aliphatic rings. The van der Waals surface area contributed by atoms with E-state index in [-0.39, 0.29) is 5.56 Å². The number of carboxylic acid groups (broad SMARTS) is 1. The van der Waals surface area contributed by atoms with E-state index < -0.39 is 5.97 Å². The summed E-state index contributed by atoms with van der Waals surface area (Å²) >= 11 is 1.95. The zero-order valence-corrected chi connectivity index (χ0v) is 12.2. The molecule has 0 bridgehead atoms. The molecule has 1 N–H and O–H groups in total. The van der Waals surface area contributed by atoms with Gasteiger partial charge in [0.15, 0.2) is 5.82 Å². The monoisotopic (exact) mass is 301 g/mol. The second-order valence-corrected chi connectivity index (χ2v) is 5.99. The molecule has 1 aliphatic heterocycles. The third-order valence-electron chi connectivity index (χ3n) is 3.39. The molecule has 3 rings (SSSR count). The maximum absolute atomic E-state index is 11.0. The van der Waals surface area contributed by atoms with Crippen LogP contribution in [0.2, 0.25) is 0 Å². The minimum Gasteiger partial charge on any atom is -0.478 e. The van der Waals surface area contributed by atoms with Gasteiger partial charge in [0.05, 0.1) is 11.3 Å². The average Bonchev–Trinajstić information content (AvgIpc) is 2.56. The number of carboxylic acids is 1. The number of anilines is 1. The number of benzene rings is 1. The summed E-state index contributed by atoms with van der Waals surface area (Å²) in [6.07, 6.45) is 0. The van der Waals surface area contributed by atoms with Gasteiger partial charge in [0.1, 0.15) is 0 Å². The van der Waals surface area contributed by atoms with Crippen LogP contribution in [0.5, 0.6) is 0 Å². The third-order valence-corrected chi connectivity index (χ3v) is 4.33. The van der Waals surface area contributed by atoms with Gasteiger partial charge in [-0.05, 0) is 24.3 Å². The minimum atomic E-state index is -0.938. The van der Waals surface area contributed by atoms with Crippen molar-refractivity contribution in [2.45, 2.75) is 0 Å². The van der Waals surface area contributed by atoms with Crippen LogP contribution in [-0.2, 0) is 0 Å². The molecule has 0 aliphatic carbocycles. The van der Waals surface area contributed by atoms with Crippen molar-refractivity contribution >= 4 is 23.5 Å². The molecule has 2 heterocycles. The zero-order chi connectivity index (χ0) is 14.7. The molecular weight excluding hydrogens is 286 g/mol. The fourth-order valence-corrected chi connectivity index (χ4v) is 3.15. The Morgan fingerprint density at radius 2 is 1.95 bits per heavy atom. The molecule has 2 aromatic rings. The van der Waals surface area contributed by atoms with E-state index >= 15 is 0 Å². The average molecular weight is 301 g/mol. The van der Waals surface area contributed by atoms with Gasteiger partial charge in [0, 0.05) is 30.2 Å². The number of thioether (sulfide) groups is 1. The van der Waals surface area contributed by atoms with E-state index in [2.05, 4.69) is 15.1 Å². The topological polar surface area (TPSA) is 66.3 Å². The number of aromatic nitrogens is 2. The van der Waals surface area contributed by atoms with Gasteiger partial charge in [-0.3, -0.25) is 0 Å². The van der Waals surface area contributed by atoms with Gasteiger partial charge in [0.2, 0.25) is 0 Å². The fourth-order valence-electron chi connectivity index (χ4n) is 2.25. The van der Waals surface area contributed by atoms with Gasteiger partial charge in [-0.25, -0.2) is 4.79 Å². The van der Waals surface area contributed by atoms with E-state index in [0.29, 0.717) is 5.69 Å². The summed E-state index contributed by atoms with van der Waals surface area (Å²) in [7, 11) is 0. The standard InChI is InChI=1S/C15H15N3O2S/c19-15(20)12-3-1-2-11(10-12)13-4-5-14(17-16-13)18-6-8-21-9-7-18/h1-5,10H,6-9H2,(H,19,20). The van der Waals surface area contributed by atoms with Crippen molar-refractivity contribution in [2.24, 2.45) is 0 Å². The highest BCUT2D eigenvalue weighted by atomic mass is 32.2. The largest absolute Gasteiger partial charge is 0.478 e. The molecule has 0 radical (unpaired) electrons. The number of hydrogen-bond acceptors (Lipinski definition) is 5. The molecule has 108 valence electrons. The predicted molar refractivity (Wildman–Crippen MR) is 84.0 cm³/mol. The molecule has 0 spiro atoms. The van der Waals surface area contributed by atoms with Crippen LogP contribution in [0.1, 0.15) is 10.4 Å². The third kappa shape index (κ3) is 3.16. The van der Waals surface area contributed by atoms with E-state index in [4.69, 9.17) is 5.11 Å². The molecule has 0 atom stereocenters. The number of rotatable bonds is 3. The summed E-state index contributed by atoms with van der Waals surface area (Å²) in [5.74, 6) is 2.18. The lowest BCUT2D eigenvalue weighted by Gasteiger charge is -2.26. The highest BCUT2D eigenvalue weighted by Crippen LogP contribution is 2.21. The van der Waals surface area contributed by atoms with Gasteiger partial charge in [-0.2, -0.15) is 11.8 Å². The summed E-state index contributed by atoms with van der Waals surface area (Å²) in [4.78, 5) is 13.2. The second-order valence-electron chi connectivity index (χ2n) is 4.76. The van der Waals surface area contributed by atoms with E-state index in [1.54, 1.807) is 18.2 Å². The van der Waals surface area contributed by atoms with Gasteiger partial charge in [-0.15, -0.1) is 10.2 Å². The fraction of sp³-hybridized carbons (Fsp3) is 0.267. The Morgan fingerprint density at radius 3 is 2.62 bits per heavy atom. The highest BCUT2D eigenvalue weighted by molar-refractivity contribution is 7.99. The van der Waals surface area contributed by atoms with Crippen molar-refractivity contribution < 1.29 is 9.90 Å². The van der Waals surface area contributed by atoms with Gasteiger partial charge in [-0.1, -0.05) is 12.1 Å². The summed E-state index contributed by atoms with van der Waals surface area (Å²) in [6.45, 7) is 1.99. The summed E-state index contributed by atoms with van der Waals surface area (Å²) in [5.41, 5.74) is 1.71. The van der Waals surface area contributed by atoms with Crippen LogP contribution < -0.4 is 4.90 Å². The van der Waals surface area contributed by atoms with Crippen LogP contribution in [0, 0.1) is 0 Å². The van der Waals surface area contributed by atoms with E-state index in [1.165, 1.54) is 0 Å².